The van der Waals surface area contributed by atoms with Gasteiger partial charge in [0.1, 0.15) is 6.17 Å². The summed E-state index contributed by atoms with van der Waals surface area (Å²) in [6, 6.07) is 3.64. The Bertz CT molecular complexity index is 659. The number of non-ortho nitro benzene ring substituents is 1. The second-order valence-corrected chi connectivity index (χ2v) is 7.38. The van der Waals surface area contributed by atoms with Gasteiger partial charge in [-0.25, -0.2) is 4.39 Å². The number of anilines is 1. The highest BCUT2D eigenvalue weighted by Gasteiger charge is 2.34. The van der Waals surface area contributed by atoms with E-state index in [1.54, 1.807) is 0 Å². The summed E-state index contributed by atoms with van der Waals surface area (Å²) < 4.78 is 10.3. The van der Waals surface area contributed by atoms with Crippen LogP contribution < -0.4 is 16.0 Å². The summed E-state index contributed by atoms with van der Waals surface area (Å²) in [6.07, 6.45) is -1.33. The Labute approximate surface area is 160 Å². The number of carbonyl (C=O) groups excluding carboxylic acids is 1. The maximum atomic E-state index is 12.3. The van der Waals surface area contributed by atoms with Crippen molar-refractivity contribution >= 4 is 81.0 Å². The van der Waals surface area contributed by atoms with Gasteiger partial charge in [-0.15, -0.1) is 0 Å². The second kappa shape index (κ2) is 8.82. The summed E-state index contributed by atoms with van der Waals surface area (Å²) in [7, 11) is 0. The number of hydrogen-bond donors (Lipinski definition) is 3. The Morgan fingerprint density at radius 2 is 2.00 bits per heavy atom. The molecule has 0 radical (unpaired) electrons. The van der Waals surface area contributed by atoms with Crippen LogP contribution >= 0.6 is 58.6 Å². The molecule has 3 N–H and O–H groups in total. The third-order valence-corrected chi connectivity index (χ3v) is 3.63. The van der Waals surface area contributed by atoms with Crippen LogP contribution in [0.1, 0.15) is 0 Å². The Morgan fingerprint density at radius 1 is 1.38 bits per heavy atom. The van der Waals surface area contributed by atoms with Crippen molar-refractivity contribution in [2.45, 2.75) is 9.96 Å². The number of amides is 1. The van der Waals surface area contributed by atoms with Gasteiger partial charge in [-0.1, -0.05) is 46.4 Å². The Hall–Kier alpha value is -1.13. The number of nitrogens with zero attached hydrogens (tertiary/aromatic N) is 1. The molecule has 1 rings (SSSR count). The molecule has 1 atom stereocenters. The first-order valence-corrected chi connectivity index (χ1v) is 7.90. The van der Waals surface area contributed by atoms with Crippen LogP contribution in [0.5, 0.6) is 0 Å². The van der Waals surface area contributed by atoms with E-state index in [9.17, 15) is 19.3 Å². The Kier molecular flexibility index (Phi) is 7.68. The van der Waals surface area contributed by atoms with E-state index in [1.807, 2.05) is 0 Å². The van der Waals surface area contributed by atoms with Gasteiger partial charge < -0.3 is 16.0 Å². The van der Waals surface area contributed by atoms with Crippen molar-refractivity contribution in [2.24, 2.45) is 0 Å². The molecule has 13 heteroatoms. The highest BCUT2D eigenvalue weighted by molar-refractivity contribution is 7.80. The van der Waals surface area contributed by atoms with E-state index in [1.165, 1.54) is 12.1 Å². The fourth-order valence-corrected chi connectivity index (χ4v) is 2.18. The topological polar surface area (TPSA) is 96.3 Å². The minimum atomic E-state index is -2.03. The van der Waals surface area contributed by atoms with E-state index in [2.05, 4.69) is 16.0 Å². The number of rotatable bonds is 5. The standard InChI is InChI=1S/C11H9Cl4FN4O3S/c12-6-3-5(20(22)23)1-2-7(6)17-10(24)19-9(11(13,14)15)18-8(21)4-16/h1-3,9H,4H2,(H,18,21)(H2,17,19,24)/t9-/m0/s1. The number of alkyl halides is 4. The molecule has 0 aliphatic heterocycles. The van der Waals surface area contributed by atoms with Gasteiger partial charge in [0.05, 0.1) is 15.6 Å². The fraction of sp³-hybridized carbons (Fsp3) is 0.273. The molecule has 0 fully saturated rings. The van der Waals surface area contributed by atoms with Crippen LogP contribution in [0.15, 0.2) is 18.2 Å². The highest BCUT2D eigenvalue weighted by atomic mass is 35.6. The second-order valence-electron chi connectivity index (χ2n) is 4.20. The molecule has 0 aliphatic rings. The molecule has 1 aromatic rings. The zero-order chi connectivity index (χ0) is 18.5. The van der Waals surface area contributed by atoms with Crippen molar-refractivity contribution in [3.05, 3.63) is 33.3 Å². The molecule has 0 aromatic heterocycles. The molecule has 24 heavy (non-hydrogen) atoms. The molecule has 7 nitrogen and oxygen atoms in total. The molecular formula is C11H9Cl4FN4O3S. The van der Waals surface area contributed by atoms with E-state index < -0.39 is 27.5 Å². The number of nitro benzene ring substituents is 1. The van der Waals surface area contributed by atoms with E-state index in [-0.39, 0.29) is 21.5 Å². The van der Waals surface area contributed by atoms with Gasteiger partial charge >= 0.3 is 0 Å². The van der Waals surface area contributed by atoms with Gasteiger partial charge in [0, 0.05) is 12.1 Å². The minimum absolute atomic E-state index is 0.0200. The molecule has 0 saturated heterocycles. The lowest BCUT2D eigenvalue weighted by Crippen LogP contribution is -2.56. The third-order valence-electron chi connectivity index (χ3n) is 2.44. The van der Waals surface area contributed by atoms with Crippen LogP contribution in [0, 0.1) is 10.1 Å². The zero-order valence-electron chi connectivity index (χ0n) is 11.5. The summed E-state index contributed by atoms with van der Waals surface area (Å²) >= 11 is 27.9. The number of hydrogen-bond acceptors (Lipinski definition) is 4. The average Bonchev–Trinajstić information content (AvgIpc) is 2.47. The molecular weight excluding hydrogens is 429 g/mol. The number of nitro groups is 1. The lowest BCUT2D eigenvalue weighted by molar-refractivity contribution is -0.384. The van der Waals surface area contributed by atoms with Crippen LogP contribution in [0.25, 0.3) is 0 Å². The highest BCUT2D eigenvalue weighted by Crippen LogP contribution is 2.30. The number of benzene rings is 1. The van der Waals surface area contributed by atoms with Crippen LogP contribution in [0.2, 0.25) is 5.02 Å². The summed E-state index contributed by atoms with van der Waals surface area (Å²) in [6.45, 7) is -1.31. The lowest BCUT2D eigenvalue weighted by Gasteiger charge is -2.27. The maximum Gasteiger partial charge on any atom is 0.271 e. The Morgan fingerprint density at radius 3 is 2.46 bits per heavy atom. The fourth-order valence-electron chi connectivity index (χ4n) is 1.41. The van der Waals surface area contributed by atoms with Crippen molar-refractivity contribution in [2.75, 3.05) is 12.0 Å². The first-order chi connectivity index (χ1) is 11.0. The van der Waals surface area contributed by atoms with Gasteiger partial charge in [-0.2, -0.15) is 0 Å². The molecule has 0 bridgehead atoms. The first-order valence-electron chi connectivity index (χ1n) is 5.98. The van der Waals surface area contributed by atoms with Gasteiger partial charge in [-0.3, -0.25) is 14.9 Å². The Balaban J connectivity index is 2.82. The van der Waals surface area contributed by atoms with Crippen LogP contribution in [0.3, 0.4) is 0 Å². The minimum Gasteiger partial charge on any atom is -0.339 e. The summed E-state index contributed by atoms with van der Waals surface area (Å²) in [5, 5.41) is 17.7. The number of thiocarbonyl (C=S) groups is 1. The largest absolute Gasteiger partial charge is 0.339 e. The zero-order valence-corrected chi connectivity index (χ0v) is 15.3. The van der Waals surface area contributed by atoms with Crippen LogP contribution in [-0.4, -0.2) is 32.6 Å². The van der Waals surface area contributed by atoms with Gasteiger partial charge in [0.2, 0.25) is 3.79 Å². The lowest BCUT2D eigenvalue weighted by atomic mass is 10.3. The summed E-state index contributed by atoms with van der Waals surface area (Å²) in [5.41, 5.74) is 0.0263. The summed E-state index contributed by atoms with van der Waals surface area (Å²) in [5.74, 6) is -1.02. The van der Waals surface area contributed by atoms with Crippen molar-refractivity contribution in [1.82, 2.24) is 10.6 Å². The van der Waals surface area contributed by atoms with Crippen LogP contribution in [-0.2, 0) is 4.79 Å². The predicted molar refractivity (Wildman–Crippen MR) is 95.7 cm³/mol. The van der Waals surface area contributed by atoms with E-state index in [4.69, 9.17) is 58.6 Å². The molecule has 1 aromatic carbocycles. The van der Waals surface area contributed by atoms with Crippen molar-refractivity contribution in [3.8, 4) is 0 Å². The first kappa shape index (κ1) is 20.9. The van der Waals surface area contributed by atoms with E-state index in [0.29, 0.717) is 0 Å². The van der Waals surface area contributed by atoms with Gasteiger partial charge in [0.15, 0.2) is 11.8 Å². The number of nitrogens with one attached hydrogen (secondary N) is 3. The maximum absolute atomic E-state index is 12.3. The van der Waals surface area contributed by atoms with Crippen molar-refractivity contribution in [3.63, 3.8) is 0 Å². The SMILES string of the molecule is O=C(CF)N[C@@H](NC(=S)Nc1ccc([N+](=O)[O-])cc1Cl)C(Cl)(Cl)Cl. The van der Waals surface area contributed by atoms with E-state index >= 15 is 0 Å². The summed E-state index contributed by atoms with van der Waals surface area (Å²) in [4.78, 5) is 21.1. The van der Waals surface area contributed by atoms with Gasteiger partial charge in [0.25, 0.3) is 11.6 Å². The molecule has 1 amide bonds. The molecule has 0 heterocycles. The van der Waals surface area contributed by atoms with Crippen molar-refractivity contribution < 1.29 is 14.1 Å². The van der Waals surface area contributed by atoms with E-state index in [0.717, 1.165) is 6.07 Å². The number of halogens is 5. The monoisotopic (exact) mass is 436 g/mol. The number of carbonyl (C=O) groups is 1. The predicted octanol–water partition coefficient (Wildman–Crippen LogP) is 3.32. The van der Waals surface area contributed by atoms with Crippen molar-refractivity contribution in [1.29, 1.82) is 0 Å². The van der Waals surface area contributed by atoms with Crippen LogP contribution in [0.4, 0.5) is 15.8 Å². The molecule has 0 saturated carbocycles. The smallest absolute Gasteiger partial charge is 0.271 e. The molecule has 0 unspecified atom stereocenters. The molecule has 132 valence electrons. The molecule has 0 spiro atoms. The van der Waals surface area contributed by atoms with Gasteiger partial charge in [-0.05, 0) is 18.3 Å². The normalized spacial score (nSPS) is 12.2. The molecule has 0 aliphatic carbocycles. The third kappa shape index (κ3) is 6.40. The average molecular weight is 438 g/mol. The quantitative estimate of drug-likeness (QED) is 0.215.